The lowest BCUT2D eigenvalue weighted by atomic mass is 10.1. The highest BCUT2D eigenvalue weighted by Crippen LogP contribution is 2.23. The van der Waals surface area contributed by atoms with Crippen molar-refractivity contribution in [2.24, 2.45) is 0 Å². The van der Waals surface area contributed by atoms with Crippen molar-refractivity contribution in [1.82, 2.24) is 0 Å². The lowest BCUT2D eigenvalue weighted by Crippen LogP contribution is -2.14. The lowest BCUT2D eigenvalue weighted by Gasteiger charge is -2.13. The van der Waals surface area contributed by atoms with E-state index in [9.17, 15) is 8.42 Å². The van der Waals surface area contributed by atoms with Gasteiger partial charge in [0.1, 0.15) is 0 Å². The maximum Gasteiger partial charge on any atom is 0.261 e. The van der Waals surface area contributed by atoms with Gasteiger partial charge >= 0.3 is 0 Å². The first-order chi connectivity index (χ1) is 11.6. The molecule has 0 bridgehead atoms. The van der Waals surface area contributed by atoms with E-state index in [0.717, 1.165) is 16.3 Å². The molecule has 0 heterocycles. The average molecular weight is 341 g/mol. The van der Waals surface area contributed by atoms with Gasteiger partial charge < -0.3 is 4.74 Å². The monoisotopic (exact) mass is 341 g/mol. The number of para-hydroxylation sites is 1. The van der Waals surface area contributed by atoms with Crippen molar-refractivity contribution in [2.45, 2.75) is 18.4 Å². The fourth-order valence-corrected chi connectivity index (χ4v) is 3.63. The van der Waals surface area contributed by atoms with Gasteiger partial charge in [0.2, 0.25) is 0 Å². The molecule has 5 heteroatoms. The van der Waals surface area contributed by atoms with Crippen LogP contribution in [0.15, 0.2) is 71.6 Å². The molecule has 3 aromatic rings. The number of fused-ring (bicyclic) bond motifs is 1. The minimum Gasteiger partial charge on any atom is -0.377 e. The quantitative estimate of drug-likeness (QED) is 0.732. The van der Waals surface area contributed by atoms with Crippen molar-refractivity contribution in [3.8, 4) is 0 Å². The SMILES string of the molecule is CCOCc1ccccc1NS(=O)(=O)c1ccc2ccccc2c1. The number of ether oxygens (including phenoxy) is 1. The summed E-state index contributed by atoms with van der Waals surface area (Å²) < 4.78 is 33.5. The first kappa shape index (κ1) is 16.5. The predicted octanol–water partition coefficient (Wildman–Crippen LogP) is 4.18. The van der Waals surface area contributed by atoms with Crippen LogP contribution in [0.5, 0.6) is 0 Å². The highest BCUT2D eigenvalue weighted by atomic mass is 32.2. The van der Waals surface area contributed by atoms with Crippen LogP contribution in [0.1, 0.15) is 12.5 Å². The van der Waals surface area contributed by atoms with E-state index < -0.39 is 10.0 Å². The van der Waals surface area contributed by atoms with Gasteiger partial charge in [-0.25, -0.2) is 8.42 Å². The van der Waals surface area contributed by atoms with E-state index in [2.05, 4.69) is 4.72 Å². The molecule has 0 aliphatic heterocycles. The van der Waals surface area contributed by atoms with Gasteiger partial charge in [-0.05, 0) is 35.9 Å². The van der Waals surface area contributed by atoms with Crippen molar-refractivity contribution in [3.63, 3.8) is 0 Å². The predicted molar refractivity (Wildman–Crippen MR) is 96.5 cm³/mol. The van der Waals surface area contributed by atoms with Crippen LogP contribution in [0.25, 0.3) is 10.8 Å². The molecule has 0 saturated carbocycles. The molecule has 0 radical (unpaired) electrons. The summed E-state index contributed by atoms with van der Waals surface area (Å²) in [6.07, 6.45) is 0. The Hall–Kier alpha value is -2.37. The van der Waals surface area contributed by atoms with Crippen LogP contribution in [-0.4, -0.2) is 15.0 Å². The number of hydrogen-bond acceptors (Lipinski definition) is 3. The zero-order valence-corrected chi connectivity index (χ0v) is 14.2. The van der Waals surface area contributed by atoms with E-state index in [4.69, 9.17) is 4.74 Å². The fourth-order valence-electron chi connectivity index (χ4n) is 2.50. The van der Waals surface area contributed by atoms with E-state index in [1.165, 1.54) is 0 Å². The van der Waals surface area contributed by atoms with Gasteiger partial charge in [0.05, 0.1) is 17.2 Å². The maximum absolute atomic E-state index is 12.7. The van der Waals surface area contributed by atoms with E-state index in [-0.39, 0.29) is 4.90 Å². The van der Waals surface area contributed by atoms with Crippen LogP contribution < -0.4 is 4.72 Å². The van der Waals surface area contributed by atoms with Gasteiger partial charge in [0.15, 0.2) is 0 Å². The molecular formula is C19H19NO3S. The Balaban J connectivity index is 1.93. The second-order valence-corrected chi connectivity index (χ2v) is 7.09. The summed E-state index contributed by atoms with van der Waals surface area (Å²) in [7, 11) is -3.66. The summed E-state index contributed by atoms with van der Waals surface area (Å²) in [5.74, 6) is 0. The summed E-state index contributed by atoms with van der Waals surface area (Å²) in [6, 6.07) is 20.1. The largest absolute Gasteiger partial charge is 0.377 e. The van der Waals surface area contributed by atoms with Gasteiger partial charge in [-0.3, -0.25) is 4.72 Å². The summed E-state index contributed by atoms with van der Waals surface area (Å²) in [4.78, 5) is 0.243. The molecule has 24 heavy (non-hydrogen) atoms. The fraction of sp³-hybridized carbons (Fsp3) is 0.158. The summed E-state index contributed by atoms with van der Waals surface area (Å²) >= 11 is 0. The number of nitrogens with one attached hydrogen (secondary N) is 1. The Kier molecular flexibility index (Phi) is 4.83. The molecule has 0 aliphatic carbocycles. The van der Waals surface area contributed by atoms with Crippen molar-refractivity contribution >= 4 is 26.5 Å². The molecule has 0 atom stereocenters. The highest BCUT2D eigenvalue weighted by molar-refractivity contribution is 7.92. The minimum absolute atomic E-state index is 0.243. The maximum atomic E-state index is 12.7. The number of sulfonamides is 1. The molecule has 0 spiro atoms. The van der Waals surface area contributed by atoms with Gasteiger partial charge in [0, 0.05) is 12.2 Å². The molecule has 4 nitrogen and oxygen atoms in total. The van der Waals surface area contributed by atoms with Crippen molar-refractivity contribution < 1.29 is 13.2 Å². The average Bonchev–Trinajstić information content (AvgIpc) is 2.60. The summed E-state index contributed by atoms with van der Waals surface area (Å²) in [5.41, 5.74) is 1.35. The second-order valence-electron chi connectivity index (χ2n) is 5.41. The number of rotatable bonds is 6. The molecule has 0 aliphatic rings. The van der Waals surface area contributed by atoms with Gasteiger partial charge in [-0.1, -0.05) is 48.5 Å². The van der Waals surface area contributed by atoms with Gasteiger partial charge in [-0.15, -0.1) is 0 Å². The van der Waals surface area contributed by atoms with Crippen LogP contribution in [0.4, 0.5) is 5.69 Å². The van der Waals surface area contributed by atoms with Crippen LogP contribution in [0.2, 0.25) is 0 Å². The Morgan fingerprint density at radius 1 is 0.917 bits per heavy atom. The molecular weight excluding hydrogens is 322 g/mol. The van der Waals surface area contributed by atoms with Crippen LogP contribution >= 0.6 is 0 Å². The van der Waals surface area contributed by atoms with Crippen molar-refractivity contribution in [2.75, 3.05) is 11.3 Å². The summed E-state index contributed by atoms with van der Waals surface area (Å²) in [6.45, 7) is 2.85. The van der Waals surface area contributed by atoms with E-state index in [1.54, 1.807) is 24.3 Å². The molecule has 0 amide bonds. The van der Waals surface area contributed by atoms with E-state index >= 15 is 0 Å². The Labute approximate surface area is 142 Å². The Bertz CT molecular complexity index is 951. The summed E-state index contributed by atoms with van der Waals surface area (Å²) in [5, 5.41) is 1.90. The van der Waals surface area contributed by atoms with Crippen molar-refractivity contribution in [3.05, 3.63) is 72.3 Å². The highest BCUT2D eigenvalue weighted by Gasteiger charge is 2.16. The molecule has 0 saturated heterocycles. The Morgan fingerprint density at radius 3 is 2.42 bits per heavy atom. The van der Waals surface area contributed by atoms with Gasteiger partial charge in [0.25, 0.3) is 10.0 Å². The molecule has 0 aromatic heterocycles. The first-order valence-corrected chi connectivity index (χ1v) is 9.26. The molecule has 3 rings (SSSR count). The molecule has 0 fully saturated rings. The van der Waals surface area contributed by atoms with Gasteiger partial charge in [-0.2, -0.15) is 0 Å². The van der Waals surface area contributed by atoms with Crippen molar-refractivity contribution in [1.29, 1.82) is 0 Å². The molecule has 1 N–H and O–H groups in total. The molecule has 124 valence electrons. The third-order valence-corrected chi connectivity index (χ3v) is 5.12. The third kappa shape index (κ3) is 3.58. The van der Waals surface area contributed by atoms with E-state index in [0.29, 0.717) is 18.9 Å². The number of hydrogen-bond donors (Lipinski definition) is 1. The molecule has 3 aromatic carbocycles. The molecule has 0 unspecified atom stereocenters. The number of benzene rings is 3. The first-order valence-electron chi connectivity index (χ1n) is 7.77. The normalized spacial score (nSPS) is 11.5. The van der Waals surface area contributed by atoms with Crippen LogP contribution in [-0.2, 0) is 21.4 Å². The smallest absolute Gasteiger partial charge is 0.261 e. The lowest BCUT2D eigenvalue weighted by molar-refractivity contribution is 0.134. The number of anilines is 1. The van der Waals surface area contributed by atoms with Crippen LogP contribution in [0, 0.1) is 0 Å². The standard InChI is InChI=1S/C19H19NO3S/c1-2-23-14-17-9-5-6-10-19(17)20-24(21,22)18-12-11-15-7-3-4-8-16(15)13-18/h3-13,20H,2,14H2,1H3. The van der Waals surface area contributed by atoms with E-state index in [1.807, 2.05) is 49.4 Å². The van der Waals surface area contributed by atoms with Crippen LogP contribution in [0.3, 0.4) is 0 Å². The second kappa shape index (κ2) is 7.03. The zero-order valence-electron chi connectivity index (χ0n) is 13.4. The minimum atomic E-state index is -3.66. The Morgan fingerprint density at radius 2 is 1.62 bits per heavy atom. The zero-order chi connectivity index (χ0) is 17.0. The topological polar surface area (TPSA) is 55.4 Å². The third-order valence-electron chi connectivity index (χ3n) is 3.75.